The fourth-order valence-electron chi connectivity index (χ4n) is 2.28. The van der Waals surface area contributed by atoms with E-state index in [-0.39, 0.29) is 0 Å². The fraction of sp³-hybridized carbons (Fsp3) is 0.400. The third-order valence-electron chi connectivity index (χ3n) is 3.43. The molecule has 0 amide bonds. The molecule has 4 heteroatoms. The largest absolute Gasteiger partial charge is 0.337 e. The highest BCUT2D eigenvalue weighted by Gasteiger charge is 2.17. The second kappa shape index (κ2) is 6.50. The number of imidazole rings is 1. The maximum atomic E-state index is 4.39. The number of nitrogens with one attached hydrogen (secondary N) is 1. The van der Waals surface area contributed by atoms with E-state index in [2.05, 4.69) is 57.1 Å². The van der Waals surface area contributed by atoms with Gasteiger partial charge < -0.3 is 9.88 Å². The van der Waals surface area contributed by atoms with Gasteiger partial charge in [0.05, 0.1) is 6.54 Å². The van der Waals surface area contributed by atoms with Crippen LogP contribution in [0.25, 0.3) is 0 Å². The minimum Gasteiger partial charge on any atom is -0.337 e. The Balaban J connectivity index is 2.13. The van der Waals surface area contributed by atoms with Gasteiger partial charge in [-0.05, 0) is 19.7 Å². The van der Waals surface area contributed by atoms with Gasteiger partial charge in [-0.2, -0.15) is 0 Å². The Hall–Kier alpha value is -1.65. The molecule has 0 bridgehead atoms. The van der Waals surface area contributed by atoms with Crippen molar-refractivity contribution >= 4 is 0 Å². The summed E-state index contributed by atoms with van der Waals surface area (Å²) in [6, 6.07) is 10.9. The van der Waals surface area contributed by atoms with Gasteiger partial charge in [-0.25, -0.2) is 4.98 Å². The van der Waals surface area contributed by atoms with Crippen LogP contribution in [0.5, 0.6) is 0 Å². The molecule has 0 fully saturated rings. The molecule has 4 nitrogen and oxygen atoms in total. The van der Waals surface area contributed by atoms with Gasteiger partial charge in [-0.1, -0.05) is 30.3 Å². The number of hydrogen-bond acceptors (Lipinski definition) is 3. The molecule has 1 heterocycles. The van der Waals surface area contributed by atoms with Crippen molar-refractivity contribution in [2.24, 2.45) is 7.05 Å². The van der Waals surface area contributed by atoms with Crippen LogP contribution in [0.15, 0.2) is 42.7 Å². The summed E-state index contributed by atoms with van der Waals surface area (Å²) in [6.07, 6.45) is 3.83. The van der Waals surface area contributed by atoms with Crippen molar-refractivity contribution in [2.45, 2.75) is 12.6 Å². The van der Waals surface area contributed by atoms with E-state index in [9.17, 15) is 0 Å². The molecule has 0 aliphatic carbocycles. The number of hydrogen-bond donors (Lipinski definition) is 1. The monoisotopic (exact) mass is 258 g/mol. The van der Waals surface area contributed by atoms with Crippen molar-refractivity contribution < 1.29 is 0 Å². The first kappa shape index (κ1) is 13.8. The Morgan fingerprint density at radius 1 is 1.32 bits per heavy atom. The zero-order valence-corrected chi connectivity index (χ0v) is 11.9. The minimum absolute atomic E-state index is 0.350. The van der Waals surface area contributed by atoms with Crippen molar-refractivity contribution in [3.8, 4) is 0 Å². The van der Waals surface area contributed by atoms with Crippen LogP contribution in [-0.4, -0.2) is 35.1 Å². The predicted molar refractivity (Wildman–Crippen MR) is 77.8 cm³/mol. The molecule has 2 aromatic rings. The van der Waals surface area contributed by atoms with Gasteiger partial charge in [-0.15, -0.1) is 0 Å². The summed E-state index contributed by atoms with van der Waals surface area (Å²) in [6.45, 7) is 1.76. The standard InChI is InChI=1S/C15H22N4/c1-16-11-14(13-7-5-4-6-8-13)19(3)12-15-17-9-10-18(15)2/h4-10,14,16H,11-12H2,1-3H3. The van der Waals surface area contributed by atoms with Crippen molar-refractivity contribution in [3.05, 3.63) is 54.1 Å². The Morgan fingerprint density at radius 3 is 2.63 bits per heavy atom. The van der Waals surface area contributed by atoms with Gasteiger partial charge in [0.1, 0.15) is 5.82 Å². The topological polar surface area (TPSA) is 33.1 Å². The Bertz CT molecular complexity index is 492. The van der Waals surface area contributed by atoms with Crippen LogP contribution in [0.4, 0.5) is 0 Å². The van der Waals surface area contributed by atoms with Crippen LogP contribution in [0.2, 0.25) is 0 Å². The van der Waals surface area contributed by atoms with E-state index in [0.29, 0.717) is 6.04 Å². The molecule has 0 spiro atoms. The molecule has 102 valence electrons. The van der Waals surface area contributed by atoms with Gasteiger partial charge >= 0.3 is 0 Å². The summed E-state index contributed by atoms with van der Waals surface area (Å²) < 4.78 is 2.07. The zero-order chi connectivity index (χ0) is 13.7. The van der Waals surface area contributed by atoms with Gasteiger partial charge in [-0.3, -0.25) is 4.90 Å². The first-order chi connectivity index (χ1) is 9.22. The van der Waals surface area contributed by atoms with Crippen molar-refractivity contribution in [2.75, 3.05) is 20.6 Å². The average Bonchev–Trinajstić information content (AvgIpc) is 2.82. The molecule has 0 aliphatic heterocycles. The molecule has 1 N–H and O–H groups in total. The summed E-state index contributed by atoms with van der Waals surface area (Å²) in [5, 5.41) is 3.27. The zero-order valence-electron chi connectivity index (χ0n) is 11.9. The Morgan fingerprint density at radius 2 is 2.05 bits per heavy atom. The van der Waals surface area contributed by atoms with E-state index in [1.165, 1.54) is 5.56 Å². The van der Waals surface area contributed by atoms with E-state index in [0.717, 1.165) is 18.9 Å². The molecule has 1 unspecified atom stereocenters. The van der Waals surface area contributed by atoms with Gasteiger partial charge in [0.25, 0.3) is 0 Å². The molecule has 1 aromatic heterocycles. The summed E-state index contributed by atoms with van der Waals surface area (Å²) >= 11 is 0. The highest BCUT2D eigenvalue weighted by atomic mass is 15.2. The first-order valence-electron chi connectivity index (χ1n) is 6.58. The third kappa shape index (κ3) is 3.43. The highest BCUT2D eigenvalue weighted by Crippen LogP contribution is 2.19. The van der Waals surface area contributed by atoms with Crippen LogP contribution >= 0.6 is 0 Å². The van der Waals surface area contributed by atoms with Gasteiger partial charge in [0, 0.05) is 32.0 Å². The number of aromatic nitrogens is 2. The molecule has 2 rings (SSSR count). The quantitative estimate of drug-likeness (QED) is 0.858. The van der Waals surface area contributed by atoms with Crippen LogP contribution in [-0.2, 0) is 13.6 Å². The molecule has 1 aromatic carbocycles. The number of rotatable bonds is 6. The maximum absolute atomic E-state index is 4.39. The first-order valence-corrected chi connectivity index (χ1v) is 6.58. The molecule has 1 atom stereocenters. The average molecular weight is 258 g/mol. The molecular formula is C15H22N4. The Kier molecular flexibility index (Phi) is 4.71. The second-order valence-electron chi connectivity index (χ2n) is 4.85. The highest BCUT2D eigenvalue weighted by molar-refractivity contribution is 5.19. The van der Waals surface area contributed by atoms with Gasteiger partial charge in [0.2, 0.25) is 0 Å². The summed E-state index contributed by atoms with van der Waals surface area (Å²) in [7, 11) is 6.17. The fourth-order valence-corrected chi connectivity index (χ4v) is 2.28. The lowest BCUT2D eigenvalue weighted by molar-refractivity contribution is 0.225. The van der Waals surface area contributed by atoms with E-state index < -0.39 is 0 Å². The normalized spacial score (nSPS) is 12.8. The second-order valence-corrected chi connectivity index (χ2v) is 4.85. The Labute approximate surface area is 115 Å². The van der Waals surface area contributed by atoms with E-state index in [1.54, 1.807) is 0 Å². The summed E-state index contributed by atoms with van der Waals surface area (Å²) in [5.41, 5.74) is 1.33. The molecule has 0 saturated carbocycles. The molecule has 0 aliphatic rings. The van der Waals surface area contributed by atoms with Gasteiger partial charge in [0.15, 0.2) is 0 Å². The molecular weight excluding hydrogens is 236 g/mol. The lowest BCUT2D eigenvalue weighted by atomic mass is 10.1. The minimum atomic E-state index is 0.350. The number of nitrogens with zero attached hydrogens (tertiary/aromatic N) is 3. The molecule has 0 saturated heterocycles. The van der Waals surface area contributed by atoms with Crippen molar-refractivity contribution in [1.82, 2.24) is 19.8 Å². The molecule has 19 heavy (non-hydrogen) atoms. The number of likely N-dealkylation sites (N-methyl/N-ethyl adjacent to an activating group) is 2. The van der Waals surface area contributed by atoms with E-state index in [1.807, 2.05) is 26.5 Å². The van der Waals surface area contributed by atoms with Crippen molar-refractivity contribution in [1.29, 1.82) is 0 Å². The lowest BCUT2D eigenvalue weighted by Crippen LogP contribution is -2.32. The van der Waals surface area contributed by atoms with Crippen LogP contribution in [0.1, 0.15) is 17.4 Å². The summed E-state index contributed by atoms with van der Waals surface area (Å²) in [4.78, 5) is 6.72. The predicted octanol–water partition coefficient (Wildman–Crippen LogP) is 1.81. The van der Waals surface area contributed by atoms with Crippen molar-refractivity contribution in [3.63, 3.8) is 0 Å². The number of benzene rings is 1. The van der Waals surface area contributed by atoms with Crippen LogP contribution in [0, 0.1) is 0 Å². The SMILES string of the molecule is CNCC(c1ccccc1)N(C)Cc1nccn1C. The van der Waals surface area contributed by atoms with Crippen LogP contribution in [0.3, 0.4) is 0 Å². The smallest absolute Gasteiger partial charge is 0.122 e. The number of aryl methyl sites for hydroxylation is 1. The van der Waals surface area contributed by atoms with E-state index in [4.69, 9.17) is 0 Å². The van der Waals surface area contributed by atoms with Crippen LogP contribution < -0.4 is 5.32 Å². The molecule has 0 radical (unpaired) electrons. The summed E-state index contributed by atoms with van der Waals surface area (Å²) in [5.74, 6) is 1.08. The lowest BCUT2D eigenvalue weighted by Gasteiger charge is -2.28. The third-order valence-corrected chi connectivity index (χ3v) is 3.43. The maximum Gasteiger partial charge on any atom is 0.122 e. The van der Waals surface area contributed by atoms with E-state index >= 15 is 0 Å².